The van der Waals surface area contributed by atoms with Crippen molar-refractivity contribution in [1.82, 2.24) is 4.72 Å². The van der Waals surface area contributed by atoms with Crippen LogP contribution >= 0.6 is 0 Å². The van der Waals surface area contributed by atoms with E-state index >= 15 is 0 Å². The zero-order chi connectivity index (χ0) is 15.5. The van der Waals surface area contributed by atoms with E-state index in [4.69, 9.17) is 10.5 Å². The fraction of sp³-hybridized carbons (Fsp3) is 0.143. The molecule has 2 aromatic rings. The molecule has 6 nitrogen and oxygen atoms in total. The van der Waals surface area contributed by atoms with Crippen LogP contribution in [0.4, 0.5) is 5.69 Å². The van der Waals surface area contributed by atoms with E-state index in [0.29, 0.717) is 17.1 Å². The number of anilines is 1. The van der Waals surface area contributed by atoms with Gasteiger partial charge in [0.05, 0.1) is 17.2 Å². The maximum absolute atomic E-state index is 11.7. The molecule has 0 fully saturated rings. The molecular formula is C14H16N2O4S. The van der Waals surface area contributed by atoms with Gasteiger partial charge in [-0.3, -0.25) is 0 Å². The van der Waals surface area contributed by atoms with Crippen LogP contribution in [0.5, 0.6) is 11.5 Å². The zero-order valence-corrected chi connectivity index (χ0v) is 12.2. The van der Waals surface area contributed by atoms with Crippen LogP contribution in [0.2, 0.25) is 0 Å². The summed E-state index contributed by atoms with van der Waals surface area (Å²) in [6.45, 7) is -0.164. The summed E-state index contributed by atoms with van der Waals surface area (Å²) in [4.78, 5) is 0.0605. The average Bonchev–Trinajstić information content (AvgIpc) is 2.49. The number of nitrogen functional groups attached to an aromatic ring is 1. The molecule has 112 valence electrons. The standard InChI is InChI=1S/C14H16N2O4S/c1-16-21(18,19)11-6-7-14(12(15)8-11)20-13-5-3-2-4-10(13)9-17/h2-8,16-17H,9,15H2,1H3. The summed E-state index contributed by atoms with van der Waals surface area (Å²) >= 11 is 0. The van der Waals surface area contributed by atoms with E-state index in [2.05, 4.69) is 4.72 Å². The summed E-state index contributed by atoms with van der Waals surface area (Å²) in [6.07, 6.45) is 0. The quantitative estimate of drug-likeness (QED) is 0.726. The Hall–Kier alpha value is -2.09. The minimum Gasteiger partial charge on any atom is -0.455 e. The lowest BCUT2D eigenvalue weighted by atomic mass is 10.2. The third-order valence-electron chi connectivity index (χ3n) is 2.92. The van der Waals surface area contributed by atoms with E-state index in [9.17, 15) is 13.5 Å². The molecule has 2 rings (SSSR count). The molecule has 0 aromatic heterocycles. The lowest BCUT2D eigenvalue weighted by Gasteiger charge is -2.12. The van der Waals surface area contributed by atoms with Gasteiger partial charge in [0.25, 0.3) is 0 Å². The number of aliphatic hydroxyl groups is 1. The fourth-order valence-corrected chi connectivity index (χ4v) is 2.52. The van der Waals surface area contributed by atoms with Crippen LogP contribution in [-0.2, 0) is 16.6 Å². The molecule has 0 amide bonds. The van der Waals surface area contributed by atoms with Crippen LogP contribution in [0.15, 0.2) is 47.4 Å². The van der Waals surface area contributed by atoms with Crippen molar-refractivity contribution in [3.8, 4) is 11.5 Å². The number of aliphatic hydroxyl groups excluding tert-OH is 1. The van der Waals surface area contributed by atoms with Crippen molar-refractivity contribution in [2.45, 2.75) is 11.5 Å². The molecule has 4 N–H and O–H groups in total. The average molecular weight is 308 g/mol. The second-order valence-electron chi connectivity index (χ2n) is 4.28. The first-order valence-electron chi connectivity index (χ1n) is 6.17. The molecule has 0 spiro atoms. The summed E-state index contributed by atoms with van der Waals surface area (Å²) in [5.74, 6) is 0.793. The molecule has 0 unspecified atom stereocenters. The van der Waals surface area contributed by atoms with Gasteiger partial charge in [0.1, 0.15) is 11.5 Å². The molecule has 0 radical (unpaired) electrons. The number of hydrogen-bond acceptors (Lipinski definition) is 5. The van der Waals surface area contributed by atoms with Gasteiger partial charge in [0.2, 0.25) is 10.0 Å². The zero-order valence-electron chi connectivity index (χ0n) is 11.4. The molecule has 0 aliphatic rings. The van der Waals surface area contributed by atoms with Crippen LogP contribution in [0.3, 0.4) is 0 Å². The summed E-state index contributed by atoms with van der Waals surface area (Å²) < 4.78 is 31.2. The number of benzene rings is 2. The Balaban J connectivity index is 2.34. The number of hydrogen-bond donors (Lipinski definition) is 3. The summed E-state index contributed by atoms with van der Waals surface area (Å²) in [6, 6.07) is 11.2. The summed E-state index contributed by atoms with van der Waals surface area (Å²) in [5, 5.41) is 9.25. The van der Waals surface area contributed by atoms with E-state index in [1.54, 1.807) is 24.3 Å². The SMILES string of the molecule is CNS(=O)(=O)c1ccc(Oc2ccccc2CO)c(N)c1. The third kappa shape index (κ3) is 3.33. The number of sulfonamides is 1. The van der Waals surface area contributed by atoms with Crippen molar-refractivity contribution < 1.29 is 18.3 Å². The normalized spacial score (nSPS) is 11.3. The highest BCUT2D eigenvalue weighted by Crippen LogP contribution is 2.31. The van der Waals surface area contributed by atoms with Crippen molar-refractivity contribution in [3.05, 3.63) is 48.0 Å². The summed E-state index contributed by atoms with van der Waals surface area (Å²) in [5.41, 5.74) is 6.64. The van der Waals surface area contributed by atoms with Crippen molar-refractivity contribution in [2.75, 3.05) is 12.8 Å². The highest BCUT2D eigenvalue weighted by Gasteiger charge is 2.14. The number of nitrogens with two attached hydrogens (primary N) is 1. The van der Waals surface area contributed by atoms with Gasteiger partial charge in [-0.25, -0.2) is 13.1 Å². The third-order valence-corrected chi connectivity index (χ3v) is 4.34. The van der Waals surface area contributed by atoms with Gasteiger partial charge in [0, 0.05) is 5.56 Å². The molecule has 0 bridgehead atoms. The molecule has 0 atom stereocenters. The lowest BCUT2D eigenvalue weighted by Crippen LogP contribution is -2.18. The van der Waals surface area contributed by atoms with E-state index in [-0.39, 0.29) is 17.2 Å². The highest BCUT2D eigenvalue weighted by atomic mass is 32.2. The number of ether oxygens (including phenoxy) is 1. The molecule has 7 heteroatoms. The minimum absolute atomic E-state index is 0.0605. The van der Waals surface area contributed by atoms with Gasteiger partial charge < -0.3 is 15.6 Å². The van der Waals surface area contributed by atoms with Gasteiger partial charge in [-0.15, -0.1) is 0 Å². The van der Waals surface area contributed by atoms with E-state index < -0.39 is 10.0 Å². The fourth-order valence-electron chi connectivity index (χ4n) is 1.76. The maximum Gasteiger partial charge on any atom is 0.240 e. The molecular weight excluding hydrogens is 292 g/mol. The lowest BCUT2D eigenvalue weighted by molar-refractivity contribution is 0.276. The first-order valence-corrected chi connectivity index (χ1v) is 7.66. The Morgan fingerprint density at radius 2 is 1.90 bits per heavy atom. The highest BCUT2D eigenvalue weighted by molar-refractivity contribution is 7.89. The topological polar surface area (TPSA) is 102 Å². The van der Waals surface area contributed by atoms with Crippen LogP contribution < -0.4 is 15.2 Å². The van der Waals surface area contributed by atoms with Gasteiger partial charge >= 0.3 is 0 Å². The Bertz CT molecular complexity index is 744. The van der Waals surface area contributed by atoms with Gasteiger partial charge in [-0.1, -0.05) is 18.2 Å². The van der Waals surface area contributed by atoms with Crippen LogP contribution in [0.1, 0.15) is 5.56 Å². The first kappa shape index (κ1) is 15.3. The molecule has 21 heavy (non-hydrogen) atoms. The Morgan fingerprint density at radius 1 is 1.19 bits per heavy atom. The van der Waals surface area contributed by atoms with E-state index in [0.717, 1.165) is 0 Å². The van der Waals surface area contributed by atoms with Gasteiger partial charge in [0.15, 0.2) is 0 Å². The summed E-state index contributed by atoms with van der Waals surface area (Å²) in [7, 11) is -2.22. The second-order valence-corrected chi connectivity index (χ2v) is 6.16. The van der Waals surface area contributed by atoms with Crippen molar-refractivity contribution in [1.29, 1.82) is 0 Å². The molecule has 0 saturated carbocycles. The van der Waals surface area contributed by atoms with E-state index in [1.807, 2.05) is 0 Å². The van der Waals surface area contributed by atoms with Crippen molar-refractivity contribution >= 4 is 15.7 Å². The number of para-hydroxylation sites is 1. The van der Waals surface area contributed by atoms with Gasteiger partial charge in [-0.05, 0) is 31.3 Å². The number of nitrogens with one attached hydrogen (secondary N) is 1. The second kappa shape index (κ2) is 6.13. The predicted molar refractivity (Wildman–Crippen MR) is 79.5 cm³/mol. The van der Waals surface area contributed by atoms with Crippen LogP contribution in [0, 0.1) is 0 Å². The molecule has 0 heterocycles. The largest absolute Gasteiger partial charge is 0.455 e. The smallest absolute Gasteiger partial charge is 0.240 e. The monoisotopic (exact) mass is 308 g/mol. The molecule has 0 aliphatic heterocycles. The Kier molecular flexibility index (Phi) is 4.46. The number of rotatable bonds is 5. The van der Waals surface area contributed by atoms with Crippen molar-refractivity contribution in [3.63, 3.8) is 0 Å². The maximum atomic E-state index is 11.7. The molecule has 2 aromatic carbocycles. The Morgan fingerprint density at radius 3 is 2.52 bits per heavy atom. The van der Waals surface area contributed by atoms with Crippen LogP contribution in [0.25, 0.3) is 0 Å². The Labute approximate surface area is 123 Å². The minimum atomic E-state index is -3.55. The predicted octanol–water partition coefficient (Wildman–Crippen LogP) is 1.46. The molecule has 0 aliphatic carbocycles. The molecule has 0 saturated heterocycles. The van der Waals surface area contributed by atoms with Crippen molar-refractivity contribution in [2.24, 2.45) is 0 Å². The first-order chi connectivity index (χ1) is 9.97. The van der Waals surface area contributed by atoms with E-state index in [1.165, 1.54) is 25.2 Å². The van der Waals surface area contributed by atoms with Crippen LogP contribution in [-0.4, -0.2) is 20.6 Å². The van der Waals surface area contributed by atoms with Gasteiger partial charge in [-0.2, -0.15) is 0 Å².